The smallest absolute Gasteiger partial charge is 0.191 e. The first-order valence-electron chi connectivity index (χ1n) is 9.21. The zero-order valence-corrected chi connectivity index (χ0v) is 17.3. The molecule has 27 heavy (non-hydrogen) atoms. The van der Waals surface area contributed by atoms with Crippen molar-refractivity contribution in [1.82, 2.24) is 20.2 Å². The Morgan fingerprint density at radius 2 is 2.07 bits per heavy atom. The van der Waals surface area contributed by atoms with Gasteiger partial charge in [-0.15, -0.1) is 0 Å². The summed E-state index contributed by atoms with van der Waals surface area (Å²) in [5.74, 6) is 1.47. The van der Waals surface area contributed by atoms with E-state index in [1.807, 2.05) is 19.3 Å². The molecule has 0 radical (unpaired) electrons. The third-order valence-electron chi connectivity index (χ3n) is 4.62. The van der Waals surface area contributed by atoms with Crippen molar-refractivity contribution in [3.63, 3.8) is 0 Å². The fraction of sp³-hybridized carbons (Fsp3) is 0.500. The van der Waals surface area contributed by atoms with Crippen LogP contribution in [0.25, 0.3) is 0 Å². The van der Waals surface area contributed by atoms with E-state index < -0.39 is 0 Å². The molecule has 0 saturated carbocycles. The molecule has 5 nitrogen and oxygen atoms in total. The van der Waals surface area contributed by atoms with Crippen LogP contribution >= 0.6 is 11.6 Å². The molecule has 0 aliphatic heterocycles. The lowest BCUT2D eigenvalue weighted by Gasteiger charge is -2.27. The number of guanidine groups is 1. The number of aryl methyl sites for hydroxylation is 2. The van der Waals surface area contributed by atoms with Gasteiger partial charge in [-0.1, -0.05) is 31.5 Å². The van der Waals surface area contributed by atoms with Crippen molar-refractivity contribution in [1.29, 1.82) is 0 Å². The molecule has 0 aliphatic carbocycles. The first-order chi connectivity index (χ1) is 12.8. The fourth-order valence-corrected chi connectivity index (χ4v) is 3.34. The SMILES string of the molecule is CN=C(NCCCCn1ccnc1C)NCC(C)(C)c1ccc(F)cc1Cl. The predicted molar refractivity (Wildman–Crippen MR) is 110 cm³/mol. The van der Waals surface area contributed by atoms with Crippen molar-refractivity contribution in [2.24, 2.45) is 4.99 Å². The van der Waals surface area contributed by atoms with Gasteiger partial charge in [-0.05, 0) is 37.5 Å². The summed E-state index contributed by atoms with van der Waals surface area (Å²) in [6.07, 6.45) is 5.93. The van der Waals surface area contributed by atoms with Gasteiger partial charge < -0.3 is 15.2 Å². The number of hydrogen-bond acceptors (Lipinski definition) is 2. The Morgan fingerprint density at radius 3 is 2.70 bits per heavy atom. The van der Waals surface area contributed by atoms with Crippen molar-refractivity contribution >= 4 is 17.6 Å². The molecule has 1 aromatic heterocycles. The topological polar surface area (TPSA) is 54.2 Å². The molecule has 2 rings (SSSR count). The Hall–Kier alpha value is -2.08. The highest BCUT2D eigenvalue weighted by Gasteiger charge is 2.24. The minimum atomic E-state index is -0.323. The van der Waals surface area contributed by atoms with Crippen LogP contribution in [0.3, 0.4) is 0 Å². The van der Waals surface area contributed by atoms with Crippen LogP contribution in [-0.4, -0.2) is 35.6 Å². The van der Waals surface area contributed by atoms with E-state index in [0.717, 1.165) is 43.3 Å². The van der Waals surface area contributed by atoms with Gasteiger partial charge in [-0.3, -0.25) is 4.99 Å². The molecule has 0 unspecified atom stereocenters. The molecule has 0 aliphatic rings. The van der Waals surface area contributed by atoms with Gasteiger partial charge in [0, 0.05) is 49.5 Å². The summed E-state index contributed by atoms with van der Waals surface area (Å²) in [6, 6.07) is 4.54. The van der Waals surface area contributed by atoms with E-state index in [1.54, 1.807) is 13.1 Å². The van der Waals surface area contributed by atoms with E-state index in [-0.39, 0.29) is 11.2 Å². The minimum Gasteiger partial charge on any atom is -0.356 e. The second kappa shape index (κ2) is 9.74. The van der Waals surface area contributed by atoms with Crippen LogP contribution in [0, 0.1) is 12.7 Å². The zero-order chi connectivity index (χ0) is 19.9. The second-order valence-corrected chi connectivity index (χ2v) is 7.64. The maximum Gasteiger partial charge on any atom is 0.191 e. The Bertz CT molecular complexity index is 769. The fourth-order valence-electron chi connectivity index (χ4n) is 2.91. The van der Waals surface area contributed by atoms with E-state index in [9.17, 15) is 4.39 Å². The molecular formula is C20H29ClFN5. The highest BCUT2D eigenvalue weighted by atomic mass is 35.5. The molecule has 0 bridgehead atoms. The van der Waals surface area contributed by atoms with E-state index in [2.05, 4.69) is 39.0 Å². The highest BCUT2D eigenvalue weighted by Crippen LogP contribution is 2.29. The number of rotatable bonds is 8. The molecule has 7 heteroatoms. The zero-order valence-electron chi connectivity index (χ0n) is 16.5. The van der Waals surface area contributed by atoms with Crippen LogP contribution in [0.15, 0.2) is 35.6 Å². The predicted octanol–water partition coefficient (Wildman–Crippen LogP) is 3.91. The molecule has 0 spiro atoms. The third kappa shape index (κ3) is 6.24. The summed E-state index contributed by atoms with van der Waals surface area (Å²) in [5, 5.41) is 7.11. The number of unbranched alkanes of at least 4 members (excludes halogenated alkanes) is 1. The number of benzene rings is 1. The Morgan fingerprint density at radius 1 is 1.30 bits per heavy atom. The number of hydrogen-bond donors (Lipinski definition) is 2. The number of aromatic nitrogens is 2. The van der Waals surface area contributed by atoms with E-state index in [0.29, 0.717) is 11.6 Å². The average Bonchev–Trinajstić information content (AvgIpc) is 3.02. The number of imidazole rings is 1. The maximum absolute atomic E-state index is 13.3. The van der Waals surface area contributed by atoms with Crippen molar-refractivity contribution in [2.75, 3.05) is 20.1 Å². The third-order valence-corrected chi connectivity index (χ3v) is 4.94. The lowest BCUT2D eigenvalue weighted by molar-refractivity contribution is 0.506. The molecule has 0 saturated heterocycles. The molecule has 148 valence electrons. The molecule has 1 heterocycles. The number of aliphatic imine (C=N–C) groups is 1. The monoisotopic (exact) mass is 393 g/mol. The molecule has 2 N–H and O–H groups in total. The van der Waals surface area contributed by atoms with E-state index in [4.69, 9.17) is 11.6 Å². The van der Waals surface area contributed by atoms with Gasteiger partial charge >= 0.3 is 0 Å². The van der Waals surface area contributed by atoms with Crippen LogP contribution in [0.2, 0.25) is 5.02 Å². The number of nitrogens with one attached hydrogen (secondary N) is 2. The van der Waals surface area contributed by atoms with Crippen LogP contribution in [0.1, 0.15) is 38.1 Å². The Kier molecular flexibility index (Phi) is 7.66. The van der Waals surface area contributed by atoms with Gasteiger partial charge in [-0.2, -0.15) is 0 Å². The van der Waals surface area contributed by atoms with Crippen molar-refractivity contribution in [3.05, 3.63) is 52.8 Å². The normalized spacial score (nSPS) is 12.3. The summed E-state index contributed by atoms with van der Waals surface area (Å²) >= 11 is 6.21. The summed E-state index contributed by atoms with van der Waals surface area (Å²) in [6.45, 7) is 8.59. The van der Waals surface area contributed by atoms with E-state index in [1.165, 1.54) is 12.1 Å². The van der Waals surface area contributed by atoms with E-state index >= 15 is 0 Å². The summed E-state index contributed by atoms with van der Waals surface area (Å²) < 4.78 is 15.4. The minimum absolute atomic E-state index is 0.263. The molecule has 1 aromatic carbocycles. The highest BCUT2D eigenvalue weighted by molar-refractivity contribution is 6.31. The first-order valence-corrected chi connectivity index (χ1v) is 9.59. The molecule has 2 aromatic rings. The van der Waals surface area contributed by atoms with Crippen LogP contribution in [0.5, 0.6) is 0 Å². The maximum atomic E-state index is 13.3. The molecule has 0 amide bonds. The molecule has 0 atom stereocenters. The van der Waals surface area contributed by atoms with Crippen LogP contribution < -0.4 is 10.6 Å². The Labute approximate surface area is 166 Å². The van der Waals surface area contributed by atoms with Crippen LogP contribution in [0.4, 0.5) is 4.39 Å². The summed E-state index contributed by atoms with van der Waals surface area (Å²) in [7, 11) is 1.75. The standard InChI is InChI=1S/C20H29ClFN5/c1-15-24-10-12-27(15)11-6-5-9-25-19(23-4)26-14-20(2,3)17-8-7-16(22)13-18(17)21/h7-8,10,12-13H,5-6,9,11,14H2,1-4H3,(H2,23,25,26). The van der Waals surface area contributed by atoms with Gasteiger partial charge in [0.05, 0.1) is 0 Å². The quantitative estimate of drug-likeness (QED) is 0.406. The Balaban J connectivity index is 1.76. The summed E-state index contributed by atoms with van der Waals surface area (Å²) in [4.78, 5) is 8.50. The lowest BCUT2D eigenvalue weighted by atomic mass is 9.84. The largest absolute Gasteiger partial charge is 0.356 e. The number of nitrogens with zero attached hydrogens (tertiary/aromatic N) is 3. The second-order valence-electron chi connectivity index (χ2n) is 7.24. The van der Waals surface area contributed by atoms with Crippen molar-refractivity contribution < 1.29 is 4.39 Å². The van der Waals surface area contributed by atoms with Gasteiger partial charge in [-0.25, -0.2) is 9.37 Å². The van der Waals surface area contributed by atoms with Crippen molar-refractivity contribution in [3.8, 4) is 0 Å². The molecule has 0 fully saturated rings. The lowest BCUT2D eigenvalue weighted by Crippen LogP contribution is -2.43. The molecular weight excluding hydrogens is 365 g/mol. The van der Waals surface area contributed by atoms with Crippen LogP contribution in [-0.2, 0) is 12.0 Å². The number of halogens is 2. The summed E-state index contributed by atoms with van der Waals surface area (Å²) in [5.41, 5.74) is 0.644. The van der Waals surface area contributed by atoms with Gasteiger partial charge in [0.25, 0.3) is 0 Å². The van der Waals surface area contributed by atoms with Crippen molar-refractivity contribution in [2.45, 2.75) is 45.6 Å². The van der Waals surface area contributed by atoms with Gasteiger partial charge in [0.2, 0.25) is 0 Å². The average molecular weight is 394 g/mol. The first kappa shape index (κ1) is 21.2. The van der Waals surface area contributed by atoms with Gasteiger partial charge in [0.1, 0.15) is 11.6 Å². The van der Waals surface area contributed by atoms with Gasteiger partial charge in [0.15, 0.2) is 5.96 Å².